The predicted octanol–water partition coefficient (Wildman–Crippen LogP) is 39.9. The SMILES string of the molecule is CCCCCCCCCCCCCCCCCCC(CCCCCCCCCCCCCCCCCC)CCN1C(=O)C(=C(C)C)c2ccc3c4c(ccc3c21)/C(=C1\C(=O)Oc2cc3c(cc21)OC(=O)C3=C(C)C)C(=O)N4CCC(CCCCCCCCCCCCCCCCCC)CCCCCCCCCCCCCCCCCC.O=C1Cc2cc3c(cc2O1)CC(=O)O3.PPP(P(P)P)P(P)P. The monoisotopic (exact) mass is 2080 g/mol. The molecule has 780 valence electrons. The number of allylic oxidation sites excluding steroid dienone is 2. The maximum atomic E-state index is 16.1. The number of hydrogen-bond donors (Lipinski definition) is 0. The van der Waals surface area contributed by atoms with Gasteiger partial charge in [-0.2, -0.15) is 0 Å². The molecule has 0 radical (unpaired) electrons. The molecule has 0 saturated carbocycles. The van der Waals surface area contributed by atoms with Crippen molar-refractivity contribution in [3.8, 4) is 23.0 Å². The van der Waals surface area contributed by atoms with E-state index < -0.39 is 11.9 Å². The smallest absolute Gasteiger partial charge is 0.345 e. The molecule has 0 aromatic heterocycles. The average Bonchev–Trinajstić information content (AvgIpc) is 1.55. The Morgan fingerprint density at radius 3 is 0.871 bits per heavy atom. The summed E-state index contributed by atoms with van der Waals surface area (Å²) in [5, 5.41) is 1.92. The summed E-state index contributed by atoms with van der Waals surface area (Å²) in [6.07, 6.45) is 94.5. The second-order valence-electron chi connectivity index (χ2n) is 42.3. The van der Waals surface area contributed by atoms with E-state index in [1.165, 1.54) is 424 Å². The minimum atomic E-state index is -0.567. The molecule has 0 aliphatic carbocycles. The van der Waals surface area contributed by atoms with Crippen LogP contribution in [0.2, 0.25) is 0 Å². The van der Waals surface area contributed by atoms with Gasteiger partial charge in [-0.1, -0.05) is 508 Å². The molecule has 6 heterocycles. The Morgan fingerprint density at radius 1 is 0.302 bits per heavy atom. The third kappa shape index (κ3) is 43.3. The molecule has 6 unspecified atom stereocenters. The normalized spacial score (nSPS) is 14.7. The minimum absolute atomic E-state index is 0.0909. The van der Waals surface area contributed by atoms with Gasteiger partial charge in [0.05, 0.1) is 40.9 Å². The van der Waals surface area contributed by atoms with Gasteiger partial charge in [-0.05, 0) is 97.6 Å². The van der Waals surface area contributed by atoms with Crippen molar-refractivity contribution in [1.29, 1.82) is 0 Å². The van der Waals surface area contributed by atoms with E-state index in [9.17, 15) is 19.2 Å². The fraction of sp³-hybridized carbons (Fsp3) is 0.712. The molecule has 6 atom stereocenters. The molecule has 0 saturated heterocycles. The van der Waals surface area contributed by atoms with Crippen LogP contribution in [0.1, 0.15) is 538 Å². The molecule has 0 spiro atoms. The van der Waals surface area contributed by atoms with Gasteiger partial charge < -0.3 is 28.7 Å². The zero-order valence-electron chi connectivity index (χ0n) is 88.8. The summed E-state index contributed by atoms with van der Waals surface area (Å²) in [5.41, 5.74) is 9.84. The minimum Gasteiger partial charge on any atom is -0.426 e. The van der Waals surface area contributed by atoms with Crippen LogP contribution in [0.3, 0.4) is 0 Å². The number of unbranched alkanes of at least 4 members (excludes halogenated alkanes) is 60. The molecule has 0 N–H and O–H groups in total. The van der Waals surface area contributed by atoms with Gasteiger partial charge in [0.25, 0.3) is 11.8 Å². The first-order chi connectivity index (χ1) is 67.8. The summed E-state index contributed by atoms with van der Waals surface area (Å²) in [5.74, 6) is 1.24. The second kappa shape index (κ2) is 72.4. The fourth-order valence-corrected chi connectivity index (χ4v) is 83.1. The maximum Gasteiger partial charge on any atom is 0.345 e. The Bertz CT molecular complexity index is 4220. The number of anilines is 2. The summed E-state index contributed by atoms with van der Waals surface area (Å²) < 4.78 is 22.0. The lowest BCUT2D eigenvalue weighted by molar-refractivity contribution is -0.132. The van der Waals surface area contributed by atoms with Crippen molar-refractivity contribution in [3.05, 3.63) is 93.1 Å². The Hall–Kier alpha value is -2.95. The summed E-state index contributed by atoms with van der Waals surface area (Å²) in [7, 11) is 15.6. The van der Waals surface area contributed by atoms with Crippen LogP contribution in [0, 0.1) is 11.8 Å². The largest absolute Gasteiger partial charge is 0.426 e. The molecule has 6 aliphatic rings. The first-order valence-electron chi connectivity index (χ1n) is 57.2. The number of hydrogen-bond acceptors (Lipinski definition) is 10. The van der Waals surface area contributed by atoms with Crippen molar-refractivity contribution in [3.63, 3.8) is 0 Å². The van der Waals surface area contributed by atoms with E-state index in [0.717, 1.165) is 89.2 Å². The Labute approximate surface area is 863 Å². The molecule has 0 bridgehead atoms. The van der Waals surface area contributed by atoms with Crippen LogP contribution >= 0.6 is 73.6 Å². The average molecular weight is 2080 g/mol. The van der Waals surface area contributed by atoms with Crippen LogP contribution in [0.5, 0.6) is 23.0 Å². The number of benzene rings is 4. The molecule has 4 aromatic rings. The van der Waals surface area contributed by atoms with Crippen LogP contribution in [-0.2, 0) is 41.6 Å². The summed E-state index contributed by atoms with van der Waals surface area (Å²) in [6, 6.07) is 15.5. The molecule has 4 aromatic carbocycles. The van der Waals surface area contributed by atoms with Crippen LogP contribution in [0.15, 0.2) is 59.7 Å². The summed E-state index contributed by atoms with van der Waals surface area (Å²) in [6.45, 7) is 19.0. The number of carbonyl (C=O) groups is 6. The van der Waals surface area contributed by atoms with Gasteiger partial charge in [0, 0.05) is 62.8 Å². The number of carbonyl (C=O) groups excluding carboxylic acids is 6. The van der Waals surface area contributed by atoms with Crippen molar-refractivity contribution in [2.45, 2.75) is 518 Å². The van der Waals surface area contributed by atoms with E-state index in [0.29, 0.717) is 82.7 Å². The molecule has 12 nitrogen and oxygen atoms in total. The number of rotatable bonds is 77. The lowest BCUT2D eigenvalue weighted by Crippen LogP contribution is -2.30. The van der Waals surface area contributed by atoms with E-state index in [1.807, 2.05) is 18.7 Å². The van der Waals surface area contributed by atoms with Crippen molar-refractivity contribution in [2.24, 2.45) is 11.8 Å². The van der Waals surface area contributed by atoms with E-state index in [4.69, 9.17) is 18.9 Å². The number of ether oxygens (including phenoxy) is 4. The van der Waals surface area contributed by atoms with Crippen LogP contribution in [-0.4, -0.2) is 48.8 Å². The third-order valence-electron chi connectivity index (χ3n) is 30.1. The second-order valence-corrected chi connectivity index (χ2v) is 72.9. The standard InChI is InChI=1S/C108H176N2O6.C10H6O4.H11P9/c1-9-13-17-21-25-29-33-37-41-45-49-53-57-61-65-69-73-89(74-70-66-62-58-54-50-46-42-38-34-30-26-22-18-14-10-2)81-83-109-103-91-78-80-94-101(102-96-86-97-95(85-98(96)116-108(102)114)100(88(7)8)107(113)115-97)106(112)110(104(94)92(91)77-79-93(103)99(87(5)6)105(109)111)84-82-90(75-71-67-63-59-55-51-47-43-39-35-31-27-23-19-15-11-3)76-72-68-64-60-56-52-48-44-40-36-32-28-24-20-16-12-4;11-9-3-5-1-7-6(2-8(5)14-9)4-10(12)13-7;1-6-9(7(2)3)8(4)5/h77-80,85-86,89-90H,9-76,81-84H2,1-8H3;1-2H,3-4H2;6H,1-5H2/b102-101+;;. The molecule has 0 fully saturated rings. The van der Waals surface area contributed by atoms with Crippen LogP contribution < -0.4 is 28.7 Å². The molecular formula is C118H193N2O10P9. The van der Waals surface area contributed by atoms with Gasteiger partial charge in [0.2, 0.25) is 0 Å². The third-order valence-corrected chi connectivity index (χ3v) is 74.4. The van der Waals surface area contributed by atoms with Crippen molar-refractivity contribution in [1.82, 2.24) is 0 Å². The molecule has 139 heavy (non-hydrogen) atoms. The molecule has 6 aliphatic heterocycles. The molecule has 10 rings (SSSR count). The lowest BCUT2D eigenvalue weighted by atomic mass is 9.90. The zero-order valence-corrected chi connectivity index (χ0v) is 98.3. The Morgan fingerprint density at radius 2 is 0.576 bits per heavy atom. The fourth-order valence-electron chi connectivity index (χ4n) is 22.0. The zero-order chi connectivity index (χ0) is 99.6. The van der Waals surface area contributed by atoms with Crippen LogP contribution in [0.4, 0.5) is 11.4 Å². The van der Waals surface area contributed by atoms with E-state index in [2.05, 4.69) is 115 Å². The highest BCUT2D eigenvalue weighted by molar-refractivity contribution is 9.10. The Balaban J connectivity index is 0.000000891. The highest BCUT2D eigenvalue weighted by atomic mass is 33.2. The summed E-state index contributed by atoms with van der Waals surface area (Å²) in [4.78, 5) is 85.7. The maximum absolute atomic E-state index is 16.1. The summed E-state index contributed by atoms with van der Waals surface area (Å²) >= 11 is 0. The van der Waals surface area contributed by atoms with Gasteiger partial charge in [-0.15, -0.1) is 44.6 Å². The van der Waals surface area contributed by atoms with Crippen LogP contribution in [0.25, 0.3) is 33.1 Å². The number of amides is 2. The van der Waals surface area contributed by atoms with Crippen molar-refractivity contribution >= 4 is 154 Å². The first-order valence-corrected chi connectivity index (χ1v) is 72.7. The number of esters is 4. The topological polar surface area (TPSA) is 146 Å². The molecular weight excluding hydrogens is 1880 g/mol. The van der Waals surface area contributed by atoms with Gasteiger partial charge in [-0.25, -0.2) is 9.59 Å². The molecule has 21 heteroatoms. The first kappa shape index (κ1) is 121. The number of fused-ring (bicyclic) bond motifs is 9. The molecule has 2 amide bonds. The van der Waals surface area contributed by atoms with E-state index in [-0.39, 0.29) is 56.1 Å². The van der Waals surface area contributed by atoms with E-state index in [1.54, 1.807) is 24.3 Å². The van der Waals surface area contributed by atoms with Gasteiger partial charge in [0.15, 0.2) is 0 Å². The van der Waals surface area contributed by atoms with Gasteiger partial charge in [-0.3, -0.25) is 19.2 Å². The van der Waals surface area contributed by atoms with Crippen molar-refractivity contribution < 1.29 is 47.7 Å². The van der Waals surface area contributed by atoms with E-state index >= 15 is 9.59 Å². The quantitative estimate of drug-likeness (QED) is 0.0138. The lowest BCUT2D eigenvalue weighted by Gasteiger charge is -2.25. The highest BCUT2D eigenvalue weighted by Gasteiger charge is 2.45. The number of nitrogens with zero attached hydrogens (tertiary/aromatic N) is 2. The van der Waals surface area contributed by atoms with Gasteiger partial charge >= 0.3 is 23.9 Å². The Kier molecular flexibility index (Phi) is 63.2. The van der Waals surface area contributed by atoms with Crippen molar-refractivity contribution in [2.75, 3.05) is 22.9 Å². The highest BCUT2D eigenvalue weighted by Crippen LogP contribution is 3.04. The van der Waals surface area contributed by atoms with Gasteiger partial charge in [0.1, 0.15) is 23.0 Å². The predicted molar refractivity (Wildman–Crippen MR) is 625 cm³/mol.